The smallest absolute Gasteiger partial charge is 0.223 e. The SMILES string of the molecule is CCN1CCOC(CN2CC(N)C(C)CC2=O)C1. The molecule has 104 valence electrons. The summed E-state index contributed by atoms with van der Waals surface area (Å²) in [6, 6.07) is 0.105. The number of likely N-dealkylation sites (N-methyl/N-ethyl adjacent to an activating group) is 1. The van der Waals surface area contributed by atoms with E-state index in [2.05, 4.69) is 18.7 Å². The molecule has 2 aliphatic rings. The van der Waals surface area contributed by atoms with Crippen LogP contribution in [0.4, 0.5) is 0 Å². The molecule has 3 atom stereocenters. The van der Waals surface area contributed by atoms with E-state index in [1.54, 1.807) is 0 Å². The third kappa shape index (κ3) is 3.22. The van der Waals surface area contributed by atoms with Gasteiger partial charge in [-0.3, -0.25) is 9.69 Å². The number of piperidine rings is 1. The van der Waals surface area contributed by atoms with Crippen LogP contribution in [0.25, 0.3) is 0 Å². The number of rotatable bonds is 3. The second-order valence-corrected chi connectivity index (χ2v) is 5.53. The van der Waals surface area contributed by atoms with Crippen molar-refractivity contribution >= 4 is 5.91 Å². The van der Waals surface area contributed by atoms with Crippen LogP contribution in [0.1, 0.15) is 20.3 Å². The second kappa shape index (κ2) is 5.99. The molecule has 2 rings (SSSR count). The molecule has 0 bridgehead atoms. The Kier molecular flexibility index (Phi) is 4.59. The lowest BCUT2D eigenvalue weighted by atomic mass is 9.93. The van der Waals surface area contributed by atoms with E-state index in [4.69, 9.17) is 10.5 Å². The average Bonchev–Trinajstić information content (AvgIpc) is 2.36. The van der Waals surface area contributed by atoms with Crippen LogP contribution in [0.5, 0.6) is 0 Å². The Morgan fingerprint density at radius 2 is 2.22 bits per heavy atom. The Morgan fingerprint density at radius 3 is 2.94 bits per heavy atom. The summed E-state index contributed by atoms with van der Waals surface area (Å²) >= 11 is 0. The van der Waals surface area contributed by atoms with Crippen molar-refractivity contribution in [2.75, 3.05) is 39.3 Å². The van der Waals surface area contributed by atoms with Crippen molar-refractivity contribution in [1.29, 1.82) is 0 Å². The first-order chi connectivity index (χ1) is 8.60. The van der Waals surface area contributed by atoms with Crippen molar-refractivity contribution in [3.05, 3.63) is 0 Å². The molecule has 0 aliphatic carbocycles. The van der Waals surface area contributed by atoms with Gasteiger partial charge in [0.2, 0.25) is 5.91 Å². The van der Waals surface area contributed by atoms with Gasteiger partial charge < -0.3 is 15.4 Å². The number of nitrogens with two attached hydrogens (primary N) is 1. The van der Waals surface area contributed by atoms with Gasteiger partial charge >= 0.3 is 0 Å². The standard InChI is InChI=1S/C13H25N3O2/c1-3-15-4-5-18-11(7-15)8-16-9-12(14)10(2)6-13(16)17/h10-12H,3-9,14H2,1-2H3. The number of carbonyl (C=O) groups excluding carboxylic acids is 1. The lowest BCUT2D eigenvalue weighted by Gasteiger charge is -2.39. The minimum absolute atomic E-state index is 0.105. The highest BCUT2D eigenvalue weighted by molar-refractivity contribution is 5.77. The van der Waals surface area contributed by atoms with Crippen LogP contribution in [-0.2, 0) is 9.53 Å². The topological polar surface area (TPSA) is 58.8 Å². The monoisotopic (exact) mass is 255 g/mol. The summed E-state index contributed by atoms with van der Waals surface area (Å²) < 4.78 is 5.75. The molecule has 0 radical (unpaired) electrons. The van der Waals surface area contributed by atoms with Gasteiger partial charge in [0.25, 0.3) is 0 Å². The normalized spacial score (nSPS) is 34.9. The summed E-state index contributed by atoms with van der Waals surface area (Å²) in [7, 11) is 0. The van der Waals surface area contributed by atoms with Gasteiger partial charge in [-0.1, -0.05) is 13.8 Å². The number of amides is 1. The minimum Gasteiger partial charge on any atom is -0.374 e. The molecule has 0 aromatic rings. The highest BCUT2D eigenvalue weighted by Crippen LogP contribution is 2.18. The molecule has 0 aromatic heterocycles. The van der Waals surface area contributed by atoms with Crippen LogP contribution < -0.4 is 5.73 Å². The number of hydrogen-bond donors (Lipinski definition) is 1. The van der Waals surface area contributed by atoms with E-state index in [0.29, 0.717) is 25.4 Å². The third-order valence-electron chi connectivity index (χ3n) is 4.11. The number of carbonyl (C=O) groups is 1. The molecule has 0 spiro atoms. The molecule has 2 aliphatic heterocycles. The largest absolute Gasteiger partial charge is 0.374 e. The van der Waals surface area contributed by atoms with E-state index in [1.807, 2.05) is 4.90 Å². The Balaban J connectivity index is 1.86. The molecule has 5 nitrogen and oxygen atoms in total. The predicted molar refractivity (Wildman–Crippen MR) is 70.2 cm³/mol. The molecule has 0 aromatic carbocycles. The van der Waals surface area contributed by atoms with Crippen molar-refractivity contribution < 1.29 is 9.53 Å². The first kappa shape index (κ1) is 13.8. The summed E-state index contributed by atoms with van der Waals surface area (Å²) in [5, 5.41) is 0. The number of nitrogens with zero attached hydrogens (tertiary/aromatic N) is 2. The zero-order valence-corrected chi connectivity index (χ0v) is 11.5. The molecule has 2 heterocycles. The maximum atomic E-state index is 12.0. The minimum atomic E-state index is 0.105. The summed E-state index contributed by atoms with van der Waals surface area (Å²) in [6.07, 6.45) is 0.717. The zero-order chi connectivity index (χ0) is 13.1. The van der Waals surface area contributed by atoms with Gasteiger partial charge in [-0.2, -0.15) is 0 Å². The lowest BCUT2D eigenvalue weighted by Crippen LogP contribution is -2.55. The van der Waals surface area contributed by atoms with Crippen LogP contribution in [0.2, 0.25) is 0 Å². The van der Waals surface area contributed by atoms with Crippen LogP contribution in [0.3, 0.4) is 0 Å². The second-order valence-electron chi connectivity index (χ2n) is 5.53. The third-order valence-corrected chi connectivity index (χ3v) is 4.11. The Labute approximate surface area is 109 Å². The maximum Gasteiger partial charge on any atom is 0.223 e. The number of morpholine rings is 1. The fourth-order valence-corrected chi connectivity index (χ4v) is 2.69. The number of likely N-dealkylation sites (tertiary alicyclic amines) is 1. The maximum absolute atomic E-state index is 12.0. The highest BCUT2D eigenvalue weighted by Gasteiger charge is 2.31. The number of ether oxygens (including phenoxy) is 1. The van der Waals surface area contributed by atoms with Gasteiger partial charge in [-0.15, -0.1) is 0 Å². The molecule has 2 N–H and O–H groups in total. The van der Waals surface area contributed by atoms with E-state index in [-0.39, 0.29) is 18.1 Å². The van der Waals surface area contributed by atoms with E-state index in [9.17, 15) is 4.79 Å². The summed E-state index contributed by atoms with van der Waals surface area (Å²) in [5.74, 6) is 0.523. The summed E-state index contributed by atoms with van der Waals surface area (Å²) in [5.41, 5.74) is 6.04. The van der Waals surface area contributed by atoms with Gasteiger partial charge in [0.1, 0.15) is 0 Å². The van der Waals surface area contributed by atoms with Crippen LogP contribution in [0.15, 0.2) is 0 Å². The molecular formula is C13H25N3O2. The van der Waals surface area contributed by atoms with Crippen LogP contribution in [-0.4, -0.2) is 67.2 Å². The zero-order valence-electron chi connectivity index (χ0n) is 11.5. The molecular weight excluding hydrogens is 230 g/mol. The van der Waals surface area contributed by atoms with Gasteiger partial charge in [-0.05, 0) is 12.5 Å². The number of hydrogen-bond acceptors (Lipinski definition) is 4. The van der Waals surface area contributed by atoms with E-state index in [0.717, 1.165) is 26.2 Å². The average molecular weight is 255 g/mol. The van der Waals surface area contributed by atoms with Gasteiger partial charge in [0.05, 0.1) is 12.7 Å². The molecule has 2 fully saturated rings. The molecule has 1 amide bonds. The Hall–Kier alpha value is -0.650. The highest BCUT2D eigenvalue weighted by atomic mass is 16.5. The van der Waals surface area contributed by atoms with Crippen LogP contribution >= 0.6 is 0 Å². The first-order valence-corrected chi connectivity index (χ1v) is 6.97. The molecule has 0 saturated carbocycles. The quantitative estimate of drug-likeness (QED) is 0.765. The van der Waals surface area contributed by atoms with E-state index in [1.165, 1.54) is 0 Å². The van der Waals surface area contributed by atoms with Gasteiger partial charge in [-0.25, -0.2) is 0 Å². The molecule has 3 unspecified atom stereocenters. The lowest BCUT2D eigenvalue weighted by molar-refractivity contribution is -0.139. The van der Waals surface area contributed by atoms with Gasteiger partial charge in [0, 0.05) is 38.6 Å². The summed E-state index contributed by atoms with van der Waals surface area (Å²) in [6.45, 7) is 9.31. The van der Waals surface area contributed by atoms with Gasteiger partial charge in [0.15, 0.2) is 0 Å². The molecule has 18 heavy (non-hydrogen) atoms. The molecule has 5 heteroatoms. The fourth-order valence-electron chi connectivity index (χ4n) is 2.69. The Morgan fingerprint density at radius 1 is 1.44 bits per heavy atom. The van der Waals surface area contributed by atoms with Crippen molar-refractivity contribution in [3.8, 4) is 0 Å². The first-order valence-electron chi connectivity index (χ1n) is 6.97. The van der Waals surface area contributed by atoms with Crippen molar-refractivity contribution in [2.45, 2.75) is 32.4 Å². The van der Waals surface area contributed by atoms with Crippen molar-refractivity contribution in [3.63, 3.8) is 0 Å². The van der Waals surface area contributed by atoms with E-state index >= 15 is 0 Å². The van der Waals surface area contributed by atoms with Crippen molar-refractivity contribution in [1.82, 2.24) is 9.80 Å². The Bertz CT molecular complexity index is 298. The predicted octanol–water partition coefficient (Wildman–Crippen LogP) is -0.0972. The van der Waals surface area contributed by atoms with Crippen molar-refractivity contribution in [2.24, 2.45) is 11.7 Å². The van der Waals surface area contributed by atoms with Crippen LogP contribution in [0, 0.1) is 5.92 Å². The summed E-state index contributed by atoms with van der Waals surface area (Å²) in [4.78, 5) is 16.2. The molecule has 2 saturated heterocycles. The fraction of sp³-hybridized carbons (Fsp3) is 0.923. The van der Waals surface area contributed by atoms with E-state index < -0.39 is 0 Å².